The largest absolute Gasteiger partial charge is 0.494 e. The van der Waals surface area contributed by atoms with E-state index in [1.807, 2.05) is 43.3 Å². The van der Waals surface area contributed by atoms with Crippen LogP contribution >= 0.6 is 11.3 Å². The fourth-order valence-corrected chi connectivity index (χ4v) is 5.55. The Morgan fingerprint density at radius 1 is 1.14 bits per heavy atom. The van der Waals surface area contributed by atoms with Gasteiger partial charge in [0.05, 0.1) is 48.3 Å². The van der Waals surface area contributed by atoms with Crippen LogP contribution in [0.2, 0.25) is 0 Å². The second kappa shape index (κ2) is 10.8. The van der Waals surface area contributed by atoms with Crippen LogP contribution in [0.3, 0.4) is 0 Å². The number of benzene rings is 1. The molecule has 0 saturated carbocycles. The Labute approximate surface area is 217 Å². The number of anilines is 1. The van der Waals surface area contributed by atoms with Crippen molar-refractivity contribution in [1.82, 2.24) is 4.57 Å². The number of carbonyl (C=O) groups excluding carboxylic acids is 1. The van der Waals surface area contributed by atoms with Crippen LogP contribution in [0.25, 0.3) is 6.08 Å². The zero-order valence-electron chi connectivity index (χ0n) is 21.1. The van der Waals surface area contributed by atoms with Crippen molar-refractivity contribution in [2.24, 2.45) is 4.99 Å². The minimum Gasteiger partial charge on any atom is -0.494 e. The van der Waals surface area contributed by atoms with Gasteiger partial charge in [0.15, 0.2) is 10.7 Å². The van der Waals surface area contributed by atoms with Crippen molar-refractivity contribution < 1.29 is 23.4 Å². The monoisotopic (exact) mass is 523 g/mol. The summed E-state index contributed by atoms with van der Waals surface area (Å²) in [7, 11) is 0. The molecular formula is C27H29N3O6S. The van der Waals surface area contributed by atoms with E-state index >= 15 is 0 Å². The lowest BCUT2D eigenvalue weighted by Crippen LogP contribution is -2.39. The van der Waals surface area contributed by atoms with E-state index in [0.29, 0.717) is 51.9 Å². The van der Waals surface area contributed by atoms with Gasteiger partial charge in [0.2, 0.25) is 0 Å². The quantitative estimate of drug-likeness (QED) is 0.440. The van der Waals surface area contributed by atoms with E-state index in [4.69, 9.17) is 18.6 Å². The fraction of sp³-hybridized carbons (Fsp3) is 0.370. The molecule has 3 aromatic rings. The van der Waals surface area contributed by atoms with Gasteiger partial charge in [0.1, 0.15) is 11.5 Å². The number of esters is 1. The van der Waals surface area contributed by atoms with Crippen LogP contribution in [-0.2, 0) is 14.3 Å². The molecule has 2 aromatic heterocycles. The number of hydrogen-bond acceptors (Lipinski definition) is 9. The van der Waals surface area contributed by atoms with Crippen LogP contribution in [-0.4, -0.2) is 50.1 Å². The van der Waals surface area contributed by atoms with Crippen LogP contribution in [0.4, 0.5) is 5.88 Å². The summed E-state index contributed by atoms with van der Waals surface area (Å²) in [5.74, 6) is 1.55. The molecule has 2 aliphatic rings. The molecule has 0 N–H and O–H groups in total. The highest BCUT2D eigenvalue weighted by Crippen LogP contribution is 2.31. The molecule has 9 nitrogen and oxygen atoms in total. The zero-order valence-corrected chi connectivity index (χ0v) is 21.9. The van der Waals surface area contributed by atoms with Gasteiger partial charge in [-0.3, -0.25) is 9.36 Å². The van der Waals surface area contributed by atoms with E-state index in [0.717, 1.165) is 24.5 Å². The standard InChI is InChI=1S/C27H29N3O6S/c1-4-34-19-8-6-18(7-9-19)24-23(26(32)35-5-2)17(3)28-27-30(24)25(31)21(37-27)16-20-10-11-22(36-20)29-12-14-33-15-13-29/h6-11,16,24H,4-5,12-15H2,1-3H3/b21-16+/t24-/m0/s1. The number of ether oxygens (including phenoxy) is 3. The number of carbonyl (C=O) groups is 1. The molecule has 1 aromatic carbocycles. The minimum atomic E-state index is -0.673. The normalized spacial score (nSPS) is 18.0. The lowest BCUT2D eigenvalue weighted by atomic mass is 9.96. The Balaban J connectivity index is 1.59. The van der Waals surface area contributed by atoms with Crippen molar-refractivity contribution in [2.45, 2.75) is 26.8 Å². The van der Waals surface area contributed by atoms with E-state index in [2.05, 4.69) is 9.89 Å². The first-order valence-electron chi connectivity index (χ1n) is 12.3. The average molecular weight is 524 g/mol. The summed E-state index contributed by atoms with van der Waals surface area (Å²) in [6.45, 7) is 9.03. The number of nitrogens with zero attached hydrogens (tertiary/aromatic N) is 3. The van der Waals surface area contributed by atoms with E-state index in [9.17, 15) is 9.59 Å². The third kappa shape index (κ3) is 4.99. The van der Waals surface area contributed by atoms with E-state index in [-0.39, 0.29) is 12.2 Å². The molecule has 1 fully saturated rings. The lowest BCUT2D eigenvalue weighted by Gasteiger charge is -2.26. The average Bonchev–Trinajstić information content (AvgIpc) is 3.49. The summed E-state index contributed by atoms with van der Waals surface area (Å²) in [6, 6.07) is 10.5. The van der Waals surface area contributed by atoms with Gasteiger partial charge in [-0.05, 0) is 44.5 Å². The second-order valence-electron chi connectivity index (χ2n) is 8.58. The van der Waals surface area contributed by atoms with Crippen molar-refractivity contribution in [3.05, 3.63) is 78.7 Å². The minimum absolute atomic E-state index is 0.222. The first kappa shape index (κ1) is 25.0. The van der Waals surface area contributed by atoms with Gasteiger partial charge in [0, 0.05) is 25.2 Å². The number of morpholine rings is 1. The number of fused-ring (bicyclic) bond motifs is 1. The third-order valence-electron chi connectivity index (χ3n) is 6.23. The van der Waals surface area contributed by atoms with Crippen LogP contribution in [0.1, 0.15) is 38.1 Å². The van der Waals surface area contributed by atoms with Crippen molar-refractivity contribution in [1.29, 1.82) is 0 Å². The predicted molar refractivity (Wildman–Crippen MR) is 140 cm³/mol. The maximum atomic E-state index is 13.7. The van der Waals surface area contributed by atoms with Gasteiger partial charge in [-0.2, -0.15) is 0 Å². The highest BCUT2D eigenvalue weighted by Gasteiger charge is 2.33. The molecule has 0 aliphatic carbocycles. The molecule has 1 atom stereocenters. The maximum absolute atomic E-state index is 13.7. The summed E-state index contributed by atoms with van der Waals surface area (Å²) in [4.78, 5) is 34.0. The van der Waals surface area contributed by atoms with Gasteiger partial charge in [0.25, 0.3) is 5.56 Å². The van der Waals surface area contributed by atoms with Gasteiger partial charge in [-0.15, -0.1) is 0 Å². The molecule has 0 unspecified atom stereocenters. The fourth-order valence-electron chi connectivity index (χ4n) is 4.52. The van der Waals surface area contributed by atoms with Crippen molar-refractivity contribution in [3.63, 3.8) is 0 Å². The summed E-state index contributed by atoms with van der Waals surface area (Å²) in [5.41, 5.74) is 1.39. The van der Waals surface area contributed by atoms with Crippen LogP contribution in [0, 0.1) is 0 Å². The number of allylic oxidation sites excluding steroid dienone is 1. The first-order valence-corrected chi connectivity index (χ1v) is 13.2. The Bertz CT molecular complexity index is 1490. The molecule has 0 radical (unpaired) electrons. The molecule has 0 spiro atoms. The molecule has 0 bridgehead atoms. The SMILES string of the molecule is CCOC(=O)C1=C(C)N=c2s/c(=C/c3ccc(N4CCOCC4)o3)c(=O)n2[C@H]1c1ccc(OCC)cc1. The molecule has 4 heterocycles. The number of rotatable bonds is 7. The van der Waals surface area contributed by atoms with Gasteiger partial charge in [-0.1, -0.05) is 23.5 Å². The first-order chi connectivity index (χ1) is 18.0. The van der Waals surface area contributed by atoms with E-state index in [1.165, 1.54) is 11.3 Å². The third-order valence-corrected chi connectivity index (χ3v) is 7.22. The Hall–Kier alpha value is -3.63. The molecule has 0 amide bonds. The van der Waals surface area contributed by atoms with E-state index in [1.54, 1.807) is 24.5 Å². The van der Waals surface area contributed by atoms with Crippen LogP contribution in [0.15, 0.2) is 61.9 Å². The van der Waals surface area contributed by atoms with Gasteiger partial charge >= 0.3 is 5.97 Å². The van der Waals surface area contributed by atoms with Crippen molar-refractivity contribution in [2.75, 3.05) is 44.4 Å². The summed E-state index contributed by atoms with van der Waals surface area (Å²) >= 11 is 1.27. The van der Waals surface area contributed by atoms with Crippen LogP contribution < -0.4 is 24.5 Å². The molecule has 1 saturated heterocycles. The Kier molecular flexibility index (Phi) is 7.29. The number of furan rings is 1. The van der Waals surface area contributed by atoms with E-state index < -0.39 is 12.0 Å². The lowest BCUT2D eigenvalue weighted by molar-refractivity contribution is -0.139. The second-order valence-corrected chi connectivity index (χ2v) is 9.59. The summed E-state index contributed by atoms with van der Waals surface area (Å²) < 4.78 is 24.4. The Morgan fingerprint density at radius 2 is 1.89 bits per heavy atom. The van der Waals surface area contributed by atoms with Gasteiger partial charge in [-0.25, -0.2) is 9.79 Å². The summed E-state index contributed by atoms with van der Waals surface area (Å²) in [5, 5.41) is 0. The smallest absolute Gasteiger partial charge is 0.338 e. The van der Waals surface area contributed by atoms with Gasteiger partial charge < -0.3 is 23.5 Å². The highest BCUT2D eigenvalue weighted by atomic mass is 32.1. The Morgan fingerprint density at radius 3 is 2.59 bits per heavy atom. The molecule has 37 heavy (non-hydrogen) atoms. The van der Waals surface area contributed by atoms with Crippen molar-refractivity contribution >= 4 is 29.3 Å². The topological polar surface area (TPSA) is 95.5 Å². The zero-order chi connectivity index (χ0) is 25.9. The number of hydrogen-bond donors (Lipinski definition) is 0. The number of aromatic nitrogens is 1. The molecule has 10 heteroatoms. The maximum Gasteiger partial charge on any atom is 0.338 e. The molecule has 194 valence electrons. The van der Waals surface area contributed by atoms with Crippen LogP contribution in [0.5, 0.6) is 5.75 Å². The molecule has 2 aliphatic heterocycles. The molecular weight excluding hydrogens is 494 g/mol. The number of thiazole rings is 1. The molecule has 5 rings (SSSR count). The van der Waals surface area contributed by atoms with Crippen molar-refractivity contribution in [3.8, 4) is 5.75 Å². The summed E-state index contributed by atoms with van der Waals surface area (Å²) in [6.07, 6.45) is 1.73. The highest BCUT2D eigenvalue weighted by molar-refractivity contribution is 7.07. The predicted octanol–water partition coefficient (Wildman–Crippen LogP) is 2.63.